The molecule has 2 rings (SSSR count). The Morgan fingerprint density at radius 2 is 1.83 bits per heavy atom. The van der Waals surface area contributed by atoms with Crippen LogP contribution in [0, 0.1) is 0 Å². The quantitative estimate of drug-likeness (QED) is 0.614. The number of hydrogen-bond donors (Lipinski definition) is 4. The molecule has 1 aromatic carbocycles. The van der Waals surface area contributed by atoms with E-state index in [2.05, 4.69) is 15.9 Å². The molecule has 0 saturated carbocycles. The molecule has 100 valence electrons. The molecule has 0 aliphatic carbocycles. The van der Waals surface area contributed by atoms with Crippen molar-refractivity contribution in [1.82, 2.24) is 0 Å². The first-order valence-corrected chi connectivity index (χ1v) is 6.40. The molecule has 1 aromatic rings. The summed E-state index contributed by atoms with van der Waals surface area (Å²) in [5, 5.41) is 38.4. The summed E-state index contributed by atoms with van der Waals surface area (Å²) < 4.78 is 6.26. The van der Waals surface area contributed by atoms with E-state index in [1.807, 2.05) is 6.07 Å². The van der Waals surface area contributed by atoms with E-state index >= 15 is 0 Å². The number of aliphatic hydroxyl groups is 4. The predicted octanol–water partition coefficient (Wildman–Crippen LogP) is -0.0360. The van der Waals surface area contributed by atoms with Crippen LogP contribution in [-0.2, 0) is 4.74 Å². The minimum absolute atomic E-state index is 0.421. The van der Waals surface area contributed by atoms with Crippen LogP contribution in [0.5, 0.6) is 0 Å². The molecule has 1 aliphatic rings. The maximum absolute atomic E-state index is 9.93. The second kappa shape index (κ2) is 5.64. The highest BCUT2D eigenvalue weighted by atomic mass is 79.9. The summed E-state index contributed by atoms with van der Waals surface area (Å²) in [5.74, 6) is 0. The highest BCUT2D eigenvalue weighted by Crippen LogP contribution is 2.33. The summed E-state index contributed by atoms with van der Waals surface area (Å²) in [5.41, 5.74) is 0.668. The van der Waals surface area contributed by atoms with E-state index in [0.29, 0.717) is 5.56 Å². The highest BCUT2D eigenvalue weighted by molar-refractivity contribution is 9.10. The van der Waals surface area contributed by atoms with Crippen molar-refractivity contribution >= 4 is 15.9 Å². The van der Waals surface area contributed by atoms with Gasteiger partial charge in [-0.3, -0.25) is 0 Å². The van der Waals surface area contributed by atoms with Gasteiger partial charge in [0.05, 0.1) is 6.61 Å². The highest BCUT2D eigenvalue weighted by Gasteiger charge is 2.43. The van der Waals surface area contributed by atoms with Crippen molar-refractivity contribution in [2.45, 2.75) is 30.5 Å². The van der Waals surface area contributed by atoms with Gasteiger partial charge in [0.15, 0.2) is 0 Å². The van der Waals surface area contributed by atoms with Gasteiger partial charge in [-0.05, 0) is 17.7 Å². The van der Waals surface area contributed by atoms with Crippen LogP contribution in [0.1, 0.15) is 11.7 Å². The lowest BCUT2D eigenvalue weighted by Crippen LogP contribution is -2.55. The number of aliphatic hydroxyl groups excluding tert-OH is 4. The summed E-state index contributed by atoms with van der Waals surface area (Å²) in [6, 6.07) is 7.11. The lowest BCUT2D eigenvalue weighted by atomic mass is 9.91. The number of benzene rings is 1. The molecule has 0 amide bonds. The van der Waals surface area contributed by atoms with Gasteiger partial charge >= 0.3 is 0 Å². The van der Waals surface area contributed by atoms with E-state index in [-0.39, 0.29) is 0 Å². The molecule has 0 aromatic heterocycles. The van der Waals surface area contributed by atoms with E-state index in [0.717, 1.165) is 4.47 Å². The Morgan fingerprint density at radius 1 is 1.11 bits per heavy atom. The maximum atomic E-state index is 9.93. The third-order valence-electron chi connectivity index (χ3n) is 3.07. The van der Waals surface area contributed by atoms with Crippen molar-refractivity contribution in [3.8, 4) is 0 Å². The van der Waals surface area contributed by atoms with Crippen LogP contribution in [0.4, 0.5) is 0 Å². The molecule has 5 atom stereocenters. The van der Waals surface area contributed by atoms with Gasteiger partial charge in [-0.2, -0.15) is 0 Å². The summed E-state index contributed by atoms with van der Waals surface area (Å²) in [7, 11) is 0. The van der Waals surface area contributed by atoms with Gasteiger partial charge in [0, 0.05) is 4.47 Å². The summed E-state index contributed by atoms with van der Waals surface area (Å²) in [6.45, 7) is -0.421. The lowest BCUT2D eigenvalue weighted by molar-refractivity contribution is -0.231. The molecule has 0 bridgehead atoms. The molecule has 1 saturated heterocycles. The normalized spacial score (nSPS) is 36.6. The van der Waals surface area contributed by atoms with Gasteiger partial charge < -0.3 is 25.2 Å². The fraction of sp³-hybridized carbons (Fsp3) is 0.500. The van der Waals surface area contributed by atoms with Crippen molar-refractivity contribution in [1.29, 1.82) is 0 Å². The molecule has 0 radical (unpaired) electrons. The average molecular weight is 319 g/mol. The number of hydrogen-bond acceptors (Lipinski definition) is 5. The predicted molar refractivity (Wildman–Crippen MR) is 66.9 cm³/mol. The zero-order valence-corrected chi connectivity index (χ0v) is 11.1. The van der Waals surface area contributed by atoms with Crippen LogP contribution in [0.25, 0.3) is 0 Å². The second-order valence-electron chi connectivity index (χ2n) is 4.30. The van der Waals surface area contributed by atoms with Crippen LogP contribution in [0.15, 0.2) is 28.7 Å². The van der Waals surface area contributed by atoms with E-state index in [9.17, 15) is 15.3 Å². The van der Waals surface area contributed by atoms with E-state index in [4.69, 9.17) is 9.84 Å². The number of rotatable bonds is 2. The molecule has 4 N–H and O–H groups in total. The smallest absolute Gasteiger partial charge is 0.113 e. The molecule has 6 heteroatoms. The molecule has 5 nitrogen and oxygen atoms in total. The Labute approximate surface area is 113 Å². The van der Waals surface area contributed by atoms with Crippen LogP contribution in [-0.4, -0.2) is 51.4 Å². The van der Waals surface area contributed by atoms with Gasteiger partial charge in [-0.15, -0.1) is 0 Å². The second-order valence-corrected chi connectivity index (χ2v) is 5.22. The molecule has 18 heavy (non-hydrogen) atoms. The largest absolute Gasteiger partial charge is 0.394 e. The summed E-state index contributed by atoms with van der Waals surface area (Å²) in [4.78, 5) is 0. The van der Waals surface area contributed by atoms with Gasteiger partial charge in [0.2, 0.25) is 0 Å². The fourth-order valence-electron chi connectivity index (χ4n) is 2.06. The molecule has 3 unspecified atom stereocenters. The minimum atomic E-state index is -1.35. The molecule has 1 heterocycles. The number of ether oxygens (including phenoxy) is 1. The lowest BCUT2D eigenvalue weighted by Gasteiger charge is -2.40. The monoisotopic (exact) mass is 318 g/mol. The van der Waals surface area contributed by atoms with Crippen molar-refractivity contribution in [3.05, 3.63) is 34.3 Å². The Bertz CT molecular complexity index is 411. The Hall–Kier alpha value is -0.500. The van der Waals surface area contributed by atoms with Crippen molar-refractivity contribution in [2.75, 3.05) is 6.61 Å². The first-order chi connectivity index (χ1) is 8.54. The molecular formula is C12H15BrO5. The van der Waals surface area contributed by atoms with Gasteiger partial charge in [0.1, 0.15) is 30.5 Å². The van der Waals surface area contributed by atoms with Crippen LogP contribution in [0.2, 0.25) is 0 Å². The van der Waals surface area contributed by atoms with E-state index in [1.54, 1.807) is 18.2 Å². The van der Waals surface area contributed by atoms with Crippen molar-refractivity contribution in [3.63, 3.8) is 0 Å². The van der Waals surface area contributed by atoms with Crippen molar-refractivity contribution in [2.24, 2.45) is 0 Å². The fourth-order valence-corrected chi connectivity index (χ4v) is 2.48. The third kappa shape index (κ3) is 2.59. The first-order valence-electron chi connectivity index (χ1n) is 5.60. The zero-order valence-electron chi connectivity index (χ0n) is 9.48. The van der Waals surface area contributed by atoms with Crippen LogP contribution >= 0.6 is 15.9 Å². The standard InChI is InChI=1S/C12H15BrO5/c13-7-3-1-2-6(4-7)12-11(17)10(16)9(15)8(5-14)18-12/h1-4,8-12,14-17H,5H2/t8?,9-,10?,11?,12-/m1/s1. The summed E-state index contributed by atoms with van der Waals surface area (Å²) in [6.07, 6.45) is -5.57. The Kier molecular flexibility index (Phi) is 4.37. The molecule has 1 fully saturated rings. The summed E-state index contributed by atoms with van der Waals surface area (Å²) >= 11 is 3.31. The Balaban J connectivity index is 2.27. The maximum Gasteiger partial charge on any atom is 0.113 e. The number of halogens is 1. The van der Waals surface area contributed by atoms with Crippen LogP contribution < -0.4 is 0 Å². The Morgan fingerprint density at radius 3 is 2.44 bits per heavy atom. The minimum Gasteiger partial charge on any atom is -0.394 e. The molecule has 0 spiro atoms. The van der Waals surface area contributed by atoms with E-state index < -0.39 is 37.1 Å². The average Bonchev–Trinajstić information content (AvgIpc) is 2.36. The zero-order chi connectivity index (χ0) is 13.3. The van der Waals surface area contributed by atoms with Gasteiger partial charge in [0.25, 0.3) is 0 Å². The first kappa shape index (κ1) is 13.9. The molecular weight excluding hydrogens is 304 g/mol. The van der Waals surface area contributed by atoms with E-state index in [1.165, 1.54) is 0 Å². The third-order valence-corrected chi connectivity index (χ3v) is 3.56. The SMILES string of the molecule is OCC1O[C@H](c2cccc(Br)c2)C(O)C(O)[C@@H]1O. The topological polar surface area (TPSA) is 90.2 Å². The van der Waals surface area contributed by atoms with Gasteiger partial charge in [-0.1, -0.05) is 28.1 Å². The van der Waals surface area contributed by atoms with Crippen molar-refractivity contribution < 1.29 is 25.2 Å². The van der Waals surface area contributed by atoms with Gasteiger partial charge in [-0.25, -0.2) is 0 Å². The molecule has 1 aliphatic heterocycles. The van der Waals surface area contributed by atoms with Crippen LogP contribution in [0.3, 0.4) is 0 Å².